The molecule has 0 saturated carbocycles. The molecule has 0 radical (unpaired) electrons. The lowest BCUT2D eigenvalue weighted by Crippen LogP contribution is -2.31. The molecule has 148 valence electrons. The number of rotatable bonds is 2. The predicted molar refractivity (Wildman–Crippen MR) is 119 cm³/mol. The largest absolute Gasteiger partial charge is 0.260 e. The molecule has 1 aliphatic rings. The highest BCUT2D eigenvalue weighted by Gasteiger charge is 2.37. The minimum atomic E-state index is -2.85. The van der Waals surface area contributed by atoms with Crippen LogP contribution in [0.5, 0.6) is 0 Å². The van der Waals surface area contributed by atoms with Crippen molar-refractivity contribution in [1.82, 2.24) is 4.98 Å². The summed E-state index contributed by atoms with van der Waals surface area (Å²) in [4.78, 5) is 4.31. The Kier molecular flexibility index (Phi) is 2.87. The Balaban J connectivity index is 1.73. The SMILES string of the molecule is [2H]C([2H])([2H])C1(C([2H])([2H])[2H])c2cc(C)c(-c3ccc(-c4ccc(F)cc4)c[n+]3C)cc2-c2cccnc21. The van der Waals surface area contributed by atoms with E-state index in [9.17, 15) is 4.39 Å². The molecule has 30 heavy (non-hydrogen) atoms. The molecular formula is C27H24FN2+. The highest BCUT2D eigenvalue weighted by Crippen LogP contribution is 2.49. The molecule has 0 atom stereocenters. The molecule has 2 nitrogen and oxygen atoms in total. The molecule has 3 heteroatoms. The van der Waals surface area contributed by atoms with E-state index in [2.05, 4.69) is 4.98 Å². The van der Waals surface area contributed by atoms with E-state index in [4.69, 9.17) is 8.22 Å². The van der Waals surface area contributed by atoms with Crippen LogP contribution in [0.2, 0.25) is 0 Å². The molecule has 0 fully saturated rings. The molecule has 0 amide bonds. The summed E-state index contributed by atoms with van der Waals surface area (Å²) in [5.41, 5.74) is 3.45. The Bertz CT molecular complexity index is 1480. The second-order valence-corrected chi connectivity index (χ2v) is 7.78. The van der Waals surface area contributed by atoms with E-state index in [1.165, 1.54) is 18.3 Å². The molecule has 2 heterocycles. The maximum Gasteiger partial charge on any atom is 0.212 e. The van der Waals surface area contributed by atoms with Gasteiger partial charge in [-0.3, -0.25) is 4.98 Å². The van der Waals surface area contributed by atoms with Crippen molar-refractivity contribution in [2.45, 2.75) is 26.0 Å². The number of halogens is 1. The molecule has 0 unspecified atom stereocenters. The molecule has 0 spiro atoms. The van der Waals surface area contributed by atoms with Crippen LogP contribution in [0.25, 0.3) is 33.5 Å². The van der Waals surface area contributed by atoms with Crippen LogP contribution in [-0.4, -0.2) is 4.98 Å². The van der Waals surface area contributed by atoms with Crippen LogP contribution in [-0.2, 0) is 12.5 Å². The highest BCUT2D eigenvalue weighted by atomic mass is 19.1. The molecular weight excluding hydrogens is 371 g/mol. The highest BCUT2D eigenvalue weighted by molar-refractivity contribution is 5.83. The summed E-state index contributed by atoms with van der Waals surface area (Å²) in [6.07, 6.45) is 3.39. The first-order valence-corrected chi connectivity index (χ1v) is 9.73. The minimum absolute atomic E-state index is 0.0626. The first-order valence-electron chi connectivity index (χ1n) is 12.7. The fraction of sp³-hybridized carbons (Fsp3) is 0.185. The fourth-order valence-electron chi connectivity index (χ4n) is 4.27. The Hall–Kier alpha value is -3.33. The minimum Gasteiger partial charge on any atom is -0.260 e. The number of nitrogens with zero attached hydrogens (tertiary/aromatic N) is 2. The summed E-state index contributed by atoms with van der Waals surface area (Å²) in [6.45, 7) is -3.84. The number of pyridine rings is 2. The summed E-state index contributed by atoms with van der Waals surface area (Å²) >= 11 is 0. The van der Waals surface area contributed by atoms with E-state index in [-0.39, 0.29) is 17.1 Å². The number of benzene rings is 2. The zero-order chi connectivity index (χ0) is 26.0. The van der Waals surface area contributed by atoms with Crippen molar-refractivity contribution in [3.05, 3.63) is 95.7 Å². The van der Waals surface area contributed by atoms with Crippen LogP contribution in [0.1, 0.15) is 38.7 Å². The summed E-state index contributed by atoms with van der Waals surface area (Å²) in [5, 5.41) is 0. The van der Waals surface area contributed by atoms with Crippen molar-refractivity contribution in [1.29, 1.82) is 0 Å². The smallest absolute Gasteiger partial charge is 0.212 e. The van der Waals surface area contributed by atoms with Gasteiger partial charge in [-0.15, -0.1) is 0 Å². The van der Waals surface area contributed by atoms with Gasteiger partial charge in [-0.1, -0.05) is 38.0 Å². The average Bonchev–Trinajstić information content (AvgIpc) is 3.09. The van der Waals surface area contributed by atoms with E-state index in [0.29, 0.717) is 11.1 Å². The summed E-state index contributed by atoms with van der Waals surface area (Å²) in [5.74, 6) is -0.298. The van der Waals surface area contributed by atoms with E-state index < -0.39 is 19.1 Å². The fourth-order valence-corrected chi connectivity index (χ4v) is 4.27. The number of hydrogen-bond donors (Lipinski definition) is 0. The number of fused-ring (bicyclic) bond motifs is 3. The zero-order valence-corrected chi connectivity index (χ0v) is 16.7. The van der Waals surface area contributed by atoms with Crippen molar-refractivity contribution in [3.63, 3.8) is 0 Å². The van der Waals surface area contributed by atoms with E-state index in [1.54, 1.807) is 30.3 Å². The van der Waals surface area contributed by atoms with Gasteiger partial charge in [0.15, 0.2) is 6.20 Å². The lowest BCUT2D eigenvalue weighted by molar-refractivity contribution is -0.659. The molecule has 2 aromatic heterocycles. The lowest BCUT2D eigenvalue weighted by Gasteiger charge is -2.21. The first kappa shape index (κ1) is 13.1. The van der Waals surface area contributed by atoms with E-state index in [0.717, 1.165) is 27.9 Å². The third-order valence-electron chi connectivity index (χ3n) is 5.81. The molecule has 5 rings (SSSR count). The molecule has 4 aromatic rings. The Labute approximate surface area is 185 Å². The monoisotopic (exact) mass is 401 g/mol. The van der Waals surface area contributed by atoms with Gasteiger partial charge >= 0.3 is 0 Å². The Morgan fingerprint density at radius 1 is 0.933 bits per heavy atom. The molecule has 2 aromatic carbocycles. The summed E-state index contributed by atoms with van der Waals surface area (Å²) in [7, 11) is 1.90. The van der Waals surface area contributed by atoms with Crippen LogP contribution < -0.4 is 4.57 Å². The molecule has 0 N–H and O–H groups in total. The van der Waals surface area contributed by atoms with E-state index >= 15 is 0 Å². The molecule has 1 aliphatic carbocycles. The van der Waals surface area contributed by atoms with Crippen LogP contribution in [0.3, 0.4) is 0 Å². The van der Waals surface area contributed by atoms with Crippen LogP contribution >= 0.6 is 0 Å². The summed E-state index contributed by atoms with van der Waals surface area (Å²) in [6, 6.07) is 17.2. The molecule has 0 bridgehead atoms. The maximum absolute atomic E-state index is 13.3. The van der Waals surface area contributed by atoms with Gasteiger partial charge in [-0.25, -0.2) is 8.96 Å². The second-order valence-electron chi connectivity index (χ2n) is 7.78. The van der Waals surface area contributed by atoms with Crippen molar-refractivity contribution in [2.24, 2.45) is 7.05 Å². The second kappa shape index (κ2) is 6.60. The third-order valence-corrected chi connectivity index (χ3v) is 5.81. The number of aromatic nitrogens is 2. The number of aryl methyl sites for hydroxylation is 2. The Morgan fingerprint density at radius 2 is 1.70 bits per heavy atom. The number of hydrogen-bond acceptors (Lipinski definition) is 1. The van der Waals surface area contributed by atoms with Crippen LogP contribution in [0, 0.1) is 12.7 Å². The van der Waals surface area contributed by atoms with Gasteiger partial charge in [0.2, 0.25) is 5.69 Å². The van der Waals surface area contributed by atoms with Gasteiger partial charge in [0.1, 0.15) is 12.9 Å². The van der Waals surface area contributed by atoms with Crippen molar-refractivity contribution in [3.8, 4) is 33.5 Å². The van der Waals surface area contributed by atoms with Crippen molar-refractivity contribution < 1.29 is 17.2 Å². The third kappa shape index (κ3) is 2.77. The predicted octanol–water partition coefficient (Wildman–Crippen LogP) is 5.99. The standard InChI is InChI=1S/C27H24FN2/c1-17-14-24-23(21-6-5-13-29-26(21)27(24,2)3)15-22(17)25-12-9-19(16-30(25)4)18-7-10-20(28)11-8-18/h5-16H,1-4H3/q+1/i2D3,3D3. The zero-order valence-electron chi connectivity index (χ0n) is 22.7. The molecule has 0 saturated heterocycles. The normalized spacial score (nSPS) is 17.6. The van der Waals surface area contributed by atoms with Gasteiger partial charge in [0, 0.05) is 42.6 Å². The Morgan fingerprint density at radius 3 is 2.43 bits per heavy atom. The van der Waals surface area contributed by atoms with Crippen molar-refractivity contribution in [2.75, 3.05) is 0 Å². The summed E-state index contributed by atoms with van der Waals surface area (Å²) < 4.78 is 65.3. The maximum atomic E-state index is 13.3. The average molecular weight is 402 g/mol. The molecule has 0 aliphatic heterocycles. The van der Waals surface area contributed by atoms with E-state index in [1.807, 2.05) is 42.9 Å². The quantitative estimate of drug-likeness (QED) is 0.377. The van der Waals surface area contributed by atoms with Gasteiger partial charge < -0.3 is 0 Å². The topological polar surface area (TPSA) is 16.8 Å². The van der Waals surface area contributed by atoms with Gasteiger partial charge in [-0.2, -0.15) is 0 Å². The van der Waals surface area contributed by atoms with Crippen LogP contribution in [0.4, 0.5) is 4.39 Å². The van der Waals surface area contributed by atoms with Gasteiger partial charge in [0.05, 0.1) is 5.69 Å². The van der Waals surface area contributed by atoms with Gasteiger partial charge in [0.25, 0.3) is 0 Å². The van der Waals surface area contributed by atoms with Crippen LogP contribution in [0.15, 0.2) is 73.1 Å². The van der Waals surface area contributed by atoms with Gasteiger partial charge in [-0.05, 0) is 59.5 Å². The lowest BCUT2D eigenvalue weighted by atomic mass is 9.83. The first-order chi connectivity index (χ1) is 16.9. The van der Waals surface area contributed by atoms with Crippen molar-refractivity contribution >= 4 is 0 Å².